The van der Waals surface area contributed by atoms with Gasteiger partial charge in [-0.05, 0) is 41.5 Å². The third-order valence-corrected chi connectivity index (χ3v) is 5.05. The predicted octanol–water partition coefficient (Wildman–Crippen LogP) is 5.52. The van der Waals surface area contributed by atoms with Gasteiger partial charge < -0.3 is 0 Å². The zero-order valence-electron chi connectivity index (χ0n) is 13.9. The van der Waals surface area contributed by atoms with E-state index in [1.54, 1.807) is 0 Å². The average Bonchev–Trinajstić information content (AvgIpc) is 2.64. The maximum Gasteiger partial charge on any atom is 0.0215 e. The van der Waals surface area contributed by atoms with E-state index in [0.29, 0.717) is 0 Å². The van der Waals surface area contributed by atoms with Gasteiger partial charge in [-0.1, -0.05) is 97.1 Å². The van der Waals surface area contributed by atoms with Gasteiger partial charge in [-0.25, -0.2) is 0 Å². The van der Waals surface area contributed by atoms with Gasteiger partial charge in [0.25, 0.3) is 0 Å². The minimum Gasteiger partial charge on any atom is -0.0832 e. The van der Waals surface area contributed by atoms with Gasteiger partial charge in [0, 0.05) is 5.41 Å². The Morgan fingerprint density at radius 3 is 1.79 bits per heavy atom. The number of rotatable bonds is 4. The number of hydrogen-bond donors (Lipinski definition) is 0. The van der Waals surface area contributed by atoms with Crippen LogP contribution in [0, 0.1) is 0 Å². The highest BCUT2D eigenvalue weighted by molar-refractivity contribution is 5.46. The van der Waals surface area contributed by atoms with Crippen molar-refractivity contribution in [1.82, 2.24) is 0 Å². The van der Waals surface area contributed by atoms with Crippen molar-refractivity contribution < 1.29 is 0 Å². The predicted molar refractivity (Wildman–Crippen MR) is 101 cm³/mol. The molecule has 0 N–H and O–H groups in total. The summed E-state index contributed by atoms with van der Waals surface area (Å²) in [4.78, 5) is 0. The number of hydrogen-bond acceptors (Lipinski definition) is 0. The summed E-state index contributed by atoms with van der Waals surface area (Å²) in [5.74, 6) is 0. The van der Waals surface area contributed by atoms with Gasteiger partial charge in [-0.3, -0.25) is 0 Å². The van der Waals surface area contributed by atoms with E-state index >= 15 is 0 Å². The van der Waals surface area contributed by atoms with Crippen LogP contribution in [-0.2, 0) is 24.7 Å². The Balaban J connectivity index is 1.80. The molecule has 0 saturated heterocycles. The van der Waals surface area contributed by atoms with E-state index < -0.39 is 0 Å². The first-order valence-electron chi connectivity index (χ1n) is 8.70. The van der Waals surface area contributed by atoms with Crippen LogP contribution in [0.15, 0.2) is 97.1 Å². The van der Waals surface area contributed by atoms with Crippen molar-refractivity contribution in [3.05, 3.63) is 119 Å². The van der Waals surface area contributed by atoms with E-state index in [9.17, 15) is 0 Å². The van der Waals surface area contributed by atoms with Crippen LogP contribution in [0.3, 0.4) is 0 Å². The summed E-state index contributed by atoms with van der Waals surface area (Å²) in [6.07, 6.45) is 7.93. The Morgan fingerprint density at radius 1 is 0.625 bits per heavy atom. The fraction of sp³-hybridized carbons (Fsp3) is 0.167. The topological polar surface area (TPSA) is 0 Å². The summed E-state index contributed by atoms with van der Waals surface area (Å²) in [6.45, 7) is 0. The normalized spacial score (nSPS) is 15.0. The molecule has 118 valence electrons. The molecule has 24 heavy (non-hydrogen) atoms. The monoisotopic (exact) mass is 310 g/mol. The van der Waals surface area contributed by atoms with Crippen molar-refractivity contribution in [2.45, 2.75) is 24.7 Å². The summed E-state index contributed by atoms with van der Waals surface area (Å²) in [5.41, 5.74) is 5.79. The van der Waals surface area contributed by atoms with Gasteiger partial charge in [0.2, 0.25) is 0 Å². The highest BCUT2D eigenvalue weighted by atomic mass is 14.4. The summed E-state index contributed by atoms with van der Waals surface area (Å²) >= 11 is 0. The smallest absolute Gasteiger partial charge is 0.0215 e. The molecule has 1 aliphatic rings. The Hall–Kier alpha value is -2.60. The largest absolute Gasteiger partial charge is 0.0832 e. The lowest BCUT2D eigenvalue weighted by atomic mass is 9.67. The van der Waals surface area contributed by atoms with Crippen molar-refractivity contribution in [2.24, 2.45) is 0 Å². The molecule has 0 heterocycles. The fourth-order valence-electron chi connectivity index (χ4n) is 3.98. The Labute approximate surface area is 144 Å². The van der Waals surface area contributed by atoms with Gasteiger partial charge in [-0.15, -0.1) is 0 Å². The molecular weight excluding hydrogens is 288 g/mol. The molecule has 3 aromatic rings. The first-order chi connectivity index (χ1) is 11.9. The number of allylic oxidation sites excluding steroid dienone is 2. The molecule has 0 heteroatoms. The van der Waals surface area contributed by atoms with E-state index in [1.165, 1.54) is 22.3 Å². The fourth-order valence-corrected chi connectivity index (χ4v) is 3.98. The van der Waals surface area contributed by atoms with Crippen LogP contribution in [0.5, 0.6) is 0 Å². The second-order valence-electron chi connectivity index (χ2n) is 6.74. The Morgan fingerprint density at radius 2 is 1.17 bits per heavy atom. The zero-order chi connectivity index (χ0) is 16.2. The minimum absolute atomic E-state index is 0.0392. The summed E-state index contributed by atoms with van der Waals surface area (Å²) in [6, 6.07) is 30.7. The van der Waals surface area contributed by atoms with Gasteiger partial charge in [0.1, 0.15) is 0 Å². The van der Waals surface area contributed by atoms with E-state index in [1.807, 2.05) is 0 Å². The molecule has 0 atom stereocenters. The lowest BCUT2D eigenvalue weighted by Crippen LogP contribution is -2.32. The lowest BCUT2D eigenvalue weighted by Gasteiger charge is -2.36. The molecule has 1 aliphatic carbocycles. The molecule has 0 amide bonds. The molecule has 0 fully saturated rings. The van der Waals surface area contributed by atoms with Gasteiger partial charge in [0.15, 0.2) is 0 Å². The highest BCUT2D eigenvalue weighted by Gasteiger charge is 2.33. The van der Waals surface area contributed by atoms with Crippen LogP contribution in [0.4, 0.5) is 0 Å². The molecule has 0 unspecified atom stereocenters. The molecule has 0 bridgehead atoms. The first-order valence-corrected chi connectivity index (χ1v) is 8.70. The van der Waals surface area contributed by atoms with Crippen LogP contribution in [0.25, 0.3) is 0 Å². The molecular formula is C24H22. The Kier molecular flexibility index (Phi) is 4.04. The zero-order valence-corrected chi connectivity index (χ0v) is 13.9. The Bertz CT molecular complexity index is 787. The minimum atomic E-state index is 0.0392. The summed E-state index contributed by atoms with van der Waals surface area (Å²) in [5, 5.41) is 0. The van der Waals surface area contributed by atoms with E-state index in [0.717, 1.165) is 19.3 Å². The van der Waals surface area contributed by atoms with Crippen LogP contribution in [0.2, 0.25) is 0 Å². The molecule has 0 aromatic heterocycles. The number of benzene rings is 3. The van der Waals surface area contributed by atoms with Gasteiger partial charge >= 0.3 is 0 Å². The van der Waals surface area contributed by atoms with Gasteiger partial charge in [-0.2, -0.15) is 0 Å². The van der Waals surface area contributed by atoms with Crippen molar-refractivity contribution in [3.63, 3.8) is 0 Å². The van der Waals surface area contributed by atoms with Crippen LogP contribution >= 0.6 is 0 Å². The van der Waals surface area contributed by atoms with E-state index in [-0.39, 0.29) is 5.41 Å². The maximum atomic E-state index is 2.45. The van der Waals surface area contributed by atoms with Crippen LogP contribution in [-0.4, -0.2) is 0 Å². The molecule has 3 aromatic carbocycles. The van der Waals surface area contributed by atoms with Crippen molar-refractivity contribution in [3.8, 4) is 0 Å². The standard InChI is InChI=1S/C24H22/c1-3-10-20(11-4-1)18-24(19-21-12-5-2-6-13-21)17-9-15-22-14-7-8-16-23(22)24/h1-14,16-17H,15,18-19H2. The molecule has 0 radical (unpaired) electrons. The van der Waals surface area contributed by atoms with E-state index in [4.69, 9.17) is 0 Å². The first kappa shape index (κ1) is 15.0. The van der Waals surface area contributed by atoms with Crippen LogP contribution < -0.4 is 0 Å². The molecule has 4 rings (SSSR count). The molecule has 0 spiro atoms. The maximum absolute atomic E-state index is 2.45. The average molecular weight is 310 g/mol. The second kappa shape index (κ2) is 6.49. The second-order valence-corrected chi connectivity index (χ2v) is 6.74. The van der Waals surface area contributed by atoms with Gasteiger partial charge in [0.05, 0.1) is 0 Å². The molecule has 0 saturated carbocycles. The quantitative estimate of drug-likeness (QED) is 0.556. The summed E-state index contributed by atoms with van der Waals surface area (Å²) in [7, 11) is 0. The highest BCUT2D eigenvalue weighted by Crippen LogP contribution is 2.39. The third-order valence-electron chi connectivity index (χ3n) is 5.05. The molecule has 0 aliphatic heterocycles. The lowest BCUT2D eigenvalue weighted by molar-refractivity contribution is 0.515. The molecule has 0 nitrogen and oxygen atoms in total. The van der Waals surface area contributed by atoms with Crippen LogP contribution in [0.1, 0.15) is 22.3 Å². The summed E-state index contributed by atoms with van der Waals surface area (Å²) < 4.78 is 0. The number of fused-ring (bicyclic) bond motifs is 1. The van der Waals surface area contributed by atoms with Crippen molar-refractivity contribution >= 4 is 0 Å². The van der Waals surface area contributed by atoms with Crippen molar-refractivity contribution in [2.75, 3.05) is 0 Å². The van der Waals surface area contributed by atoms with Crippen molar-refractivity contribution in [1.29, 1.82) is 0 Å². The SMILES string of the molecule is C1=CC(Cc2ccccc2)(Cc2ccccc2)c2ccccc2C1. The van der Waals surface area contributed by atoms with E-state index in [2.05, 4.69) is 97.1 Å². The third kappa shape index (κ3) is 2.92.